The smallest absolute Gasteiger partial charge is 0.297 e. The Morgan fingerprint density at radius 1 is 1.13 bits per heavy atom. The monoisotopic (exact) mass is 428 g/mol. The van der Waals surface area contributed by atoms with E-state index in [1.165, 1.54) is 6.07 Å². The molecule has 1 saturated heterocycles. The average molecular weight is 429 g/mol. The van der Waals surface area contributed by atoms with Crippen molar-refractivity contribution in [2.45, 2.75) is 26.2 Å². The molecule has 31 heavy (non-hydrogen) atoms. The number of fused-ring (bicyclic) bond motifs is 1. The van der Waals surface area contributed by atoms with E-state index in [0.29, 0.717) is 28.2 Å². The highest BCUT2D eigenvalue weighted by molar-refractivity contribution is 5.79. The van der Waals surface area contributed by atoms with Crippen LogP contribution in [0.2, 0.25) is 0 Å². The summed E-state index contributed by atoms with van der Waals surface area (Å²) in [6.07, 6.45) is 5.08. The van der Waals surface area contributed by atoms with Crippen LogP contribution in [0.4, 0.5) is 22.0 Å². The van der Waals surface area contributed by atoms with Crippen molar-refractivity contribution >= 4 is 28.6 Å². The van der Waals surface area contributed by atoms with Gasteiger partial charge in [0.25, 0.3) is 5.56 Å². The lowest BCUT2D eigenvalue weighted by atomic mass is 10.2. The number of piperazine rings is 1. The largest absolute Gasteiger partial charge is 0.363 e. The maximum absolute atomic E-state index is 13.7. The number of imidazole rings is 1. The van der Waals surface area contributed by atoms with Gasteiger partial charge in [-0.15, -0.1) is 0 Å². The Morgan fingerprint density at radius 2 is 1.94 bits per heavy atom. The molecule has 9 nitrogen and oxygen atoms in total. The molecule has 0 atom stereocenters. The predicted octanol–water partition coefficient (Wildman–Crippen LogP) is 2.09. The van der Waals surface area contributed by atoms with E-state index in [9.17, 15) is 9.18 Å². The van der Waals surface area contributed by atoms with E-state index in [4.69, 9.17) is 5.73 Å². The van der Waals surface area contributed by atoms with Gasteiger partial charge in [0.1, 0.15) is 11.5 Å². The maximum atomic E-state index is 13.7. The fourth-order valence-corrected chi connectivity index (χ4v) is 3.86. The number of nitrogens with one attached hydrogen (secondary N) is 3. The highest BCUT2D eigenvalue weighted by Crippen LogP contribution is 2.20. The number of aryl methyl sites for hydroxylation is 1. The number of benzene rings is 1. The molecular formula is C21H29FN8O. The molecule has 1 aliphatic heterocycles. The second kappa shape index (κ2) is 9.44. The van der Waals surface area contributed by atoms with E-state index in [0.717, 1.165) is 58.5 Å². The van der Waals surface area contributed by atoms with Crippen LogP contribution in [0.5, 0.6) is 0 Å². The number of H-pyrrole nitrogens is 2. The van der Waals surface area contributed by atoms with E-state index >= 15 is 0 Å². The first-order valence-electron chi connectivity index (χ1n) is 10.7. The number of aromatic amines is 2. The van der Waals surface area contributed by atoms with Gasteiger partial charge in [0.2, 0.25) is 11.9 Å². The van der Waals surface area contributed by atoms with Gasteiger partial charge in [0, 0.05) is 32.4 Å². The van der Waals surface area contributed by atoms with Gasteiger partial charge >= 0.3 is 0 Å². The third-order valence-corrected chi connectivity index (χ3v) is 5.67. The number of rotatable bonds is 8. The summed E-state index contributed by atoms with van der Waals surface area (Å²) < 4.78 is 13.7. The lowest BCUT2D eigenvalue weighted by Gasteiger charge is -2.35. The first-order chi connectivity index (χ1) is 15.0. The Labute approximate surface area is 179 Å². The zero-order chi connectivity index (χ0) is 21.8. The highest BCUT2D eigenvalue weighted by atomic mass is 19.1. The van der Waals surface area contributed by atoms with Gasteiger partial charge in [-0.3, -0.25) is 15.0 Å². The van der Waals surface area contributed by atoms with Crippen LogP contribution in [0.3, 0.4) is 0 Å². The van der Waals surface area contributed by atoms with E-state index in [-0.39, 0.29) is 17.3 Å². The van der Waals surface area contributed by atoms with Crippen molar-refractivity contribution in [1.82, 2.24) is 24.8 Å². The maximum Gasteiger partial charge on any atom is 0.297 e. The molecule has 4 rings (SSSR count). The molecule has 0 bridgehead atoms. The predicted molar refractivity (Wildman–Crippen MR) is 120 cm³/mol. The highest BCUT2D eigenvalue weighted by Gasteiger charge is 2.19. The van der Waals surface area contributed by atoms with Crippen LogP contribution in [-0.4, -0.2) is 64.1 Å². The molecule has 1 aromatic carbocycles. The second-order valence-corrected chi connectivity index (χ2v) is 7.95. The van der Waals surface area contributed by atoms with E-state index in [2.05, 4.69) is 35.1 Å². The molecule has 0 saturated carbocycles. The number of anilines is 3. The molecule has 5 N–H and O–H groups in total. The molecule has 0 radical (unpaired) electrons. The minimum absolute atomic E-state index is 0.281. The van der Waals surface area contributed by atoms with Gasteiger partial charge in [0.05, 0.1) is 11.0 Å². The van der Waals surface area contributed by atoms with Crippen LogP contribution in [0, 0.1) is 12.7 Å². The quantitative estimate of drug-likeness (QED) is 0.406. The normalized spacial score (nSPS) is 15.0. The van der Waals surface area contributed by atoms with Crippen molar-refractivity contribution in [3.8, 4) is 0 Å². The molecule has 0 spiro atoms. The fourth-order valence-electron chi connectivity index (χ4n) is 3.86. The summed E-state index contributed by atoms with van der Waals surface area (Å²) >= 11 is 0. The summed E-state index contributed by atoms with van der Waals surface area (Å²) in [5.41, 5.74) is 7.55. The van der Waals surface area contributed by atoms with E-state index < -0.39 is 0 Å². The number of nitrogens with zero attached hydrogens (tertiary/aromatic N) is 4. The van der Waals surface area contributed by atoms with E-state index in [1.54, 1.807) is 19.2 Å². The Kier molecular flexibility index (Phi) is 6.47. The Hall–Kier alpha value is -2.98. The second-order valence-electron chi connectivity index (χ2n) is 7.95. The molecule has 0 aliphatic carbocycles. The number of hydrogen-bond acceptors (Lipinski definition) is 7. The summed E-state index contributed by atoms with van der Waals surface area (Å²) in [4.78, 5) is 31.6. The van der Waals surface area contributed by atoms with Crippen molar-refractivity contribution in [3.05, 3.63) is 40.1 Å². The standard InChI is InChI=1S/C21H29FN8O/c1-14-11-16-17(12-15(14)22)26-21(25-16)28-20-24-13-18(19(31)27-20)30-9-7-29(8-10-30)6-4-2-3-5-23/h11-13H,2-10,23H2,1H3,(H3,24,25,26,27,28,31). The summed E-state index contributed by atoms with van der Waals surface area (Å²) in [6, 6.07) is 3.07. The van der Waals surface area contributed by atoms with Crippen LogP contribution in [0.25, 0.3) is 11.0 Å². The Balaban J connectivity index is 1.37. The van der Waals surface area contributed by atoms with Gasteiger partial charge in [-0.2, -0.15) is 4.98 Å². The molecule has 3 aromatic rings. The molecule has 0 amide bonds. The number of hydrogen-bond donors (Lipinski definition) is 4. The van der Waals surface area contributed by atoms with Gasteiger partial charge in [-0.25, -0.2) is 9.37 Å². The lowest BCUT2D eigenvalue weighted by Crippen LogP contribution is -2.48. The van der Waals surface area contributed by atoms with Crippen molar-refractivity contribution in [1.29, 1.82) is 0 Å². The minimum Gasteiger partial charge on any atom is -0.363 e. The molecule has 1 aliphatic rings. The molecule has 166 valence electrons. The molecule has 3 heterocycles. The zero-order valence-electron chi connectivity index (χ0n) is 17.7. The molecular weight excluding hydrogens is 399 g/mol. The zero-order valence-corrected chi connectivity index (χ0v) is 17.7. The molecule has 2 aromatic heterocycles. The third kappa shape index (κ3) is 5.02. The first-order valence-corrected chi connectivity index (χ1v) is 10.7. The Morgan fingerprint density at radius 3 is 2.68 bits per heavy atom. The van der Waals surface area contributed by atoms with Gasteiger partial charge < -0.3 is 20.6 Å². The number of halogens is 1. The summed E-state index contributed by atoms with van der Waals surface area (Å²) in [7, 11) is 0. The van der Waals surface area contributed by atoms with E-state index in [1.807, 2.05) is 0 Å². The SMILES string of the molecule is Cc1cc2nc(Nc3nc(=O)c(N4CCN(CCCCCN)CC4)c[nH]3)[nH]c2cc1F. The molecule has 0 unspecified atom stereocenters. The van der Waals surface area contributed by atoms with Crippen LogP contribution >= 0.6 is 0 Å². The van der Waals surface area contributed by atoms with Crippen LogP contribution in [0.1, 0.15) is 24.8 Å². The minimum atomic E-state index is -0.297. The average Bonchev–Trinajstić information content (AvgIpc) is 3.13. The Bertz CT molecular complexity index is 1050. The molecule has 1 fully saturated rings. The first kappa shape index (κ1) is 21.3. The van der Waals surface area contributed by atoms with Gasteiger partial charge in [-0.1, -0.05) is 6.42 Å². The number of aromatic nitrogens is 4. The fraction of sp³-hybridized carbons (Fsp3) is 0.476. The van der Waals surface area contributed by atoms with Crippen molar-refractivity contribution in [3.63, 3.8) is 0 Å². The topological polar surface area (TPSA) is 119 Å². The van der Waals surface area contributed by atoms with Gasteiger partial charge in [0.15, 0.2) is 0 Å². The van der Waals surface area contributed by atoms with Crippen molar-refractivity contribution < 1.29 is 4.39 Å². The molecule has 10 heteroatoms. The van der Waals surface area contributed by atoms with Crippen molar-refractivity contribution in [2.75, 3.05) is 49.5 Å². The third-order valence-electron chi connectivity index (χ3n) is 5.67. The van der Waals surface area contributed by atoms with Crippen LogP contribution in [0.15, 0.2) is 23.1 Å². The summed E-state index contributed by atoms with van der Waals surface area (Å²) in [5, 5.41) is 2.95. The number of nitrogens with two attached hydrogens (primary N) is 1. The number of unbranched alkanes of at least 4 members (excludes halogenated alkanes) is 2. The summed E-state index contributed by atoms with van der Waals surface area (Å²) in [6.45, 7) is 6.96. The van der Waals surface area contributed by atoms with Gasteiger partial charge in [-0.05, 0) is 50.6 Å². The van der Waals surface area contributed by atoms with Crippen molar-refractivity contribution in [2.24, 2.45) is 5.73 Å². The summed E-state index contributed by atoms with van der Waals surface area (Å²) in [5.74, 6) is 0.372. The van der Waals surface area contributed by atoms with Crippen LogP contribution < -0.4 is 21.5 Å². The lowest BCUT2D eigenvalue weighted by molar-refractivity contribution is 0.252. The van der Waals surface area contributed by atoms with Crippen LogP contribution in [-0.2, 0) is 0 Å².